The highest BCUT2D eigenvalue weighted by Crippen LogP contribution is 2.15. The number of carbonyl (C=O) groups is 1. The van der Waals surface area contributed by atoms with Crippen molar-refractivity contribution in [1.82, 2.24) is 10.2 Å². The zero-order valence-electron chi connectivity index (χ0n) is 13.1. The zero-order valence-corrected chi connectivity index (χ0v) is 13.1. The van der Waals surface area contributed by atoms with Gasteiger partial charge in [-0.25, -0.2) is 0 Å². The van der Waals surface area contributed by atoms with Crippen molar-refractivity contribution in [1.29, 1.82) is 0 Å². The van der Waals surface area contributed by atoms with Crippen LogP contribution in [0, 0.1) is 0 Å². The van der Waals surface area contributed by atoms with Gasteiger partial charge in [-0.05, 0) is 44.6 Å². The molecule has 0 spiro atoms. The molecule has 1 amide bonds. The highest BCUT2D eigenvalue weighted by atomic mass is 16.1. The maximum absolute atomic E-state index is 12.4. The van der Waals surface area contributed by atoms with Crippen molar-refractivity contribution in [3.8, 4) is 0 Å². The van der Waals surface area contributed by atoms with E-state index in [1.807, 2.05) is 38.4 Å². The van der Waals surface area contributed by atoms with Gasteiger partial charge in [0.1, 0.15) is 0 Å². The molecule has 0 aliphatic heterocycles. The van der Waals surface area contributed by atoms with Crippen LogP contribution >= 0.6 is 0 Å². The van der Waals surface area contributed by atoms with Crippen molar-refractivity contribution in [2.75, 3.05) is 20.6 Å². The Kier molecular flexibility index (Phi) is 6.17. The van der Waals surface area contributed by atoms with Crippen LogP contribution in [0.2, 0.25) is 0 Å². The minimum atomic E-state index is -0.297. The summed E-state index contributed by atoms with van der Waals surface area (Å²) in [5.74, 6) is -0.0419. The lowest BCUT2D eigenvalue weighted by atomic mass is 9.92. The third-order valence-electron chi connectivity index (χ3n) is 3.81. The molecule has 0 bridgehead atoms. The molecule has 1 rings (SSSR count). The first kappa shape index (κ1) is 16.7. The molecular formula is C16H27N3O. The van der Waals surface area contributed by atoms with Gasteiger partial charge >= 0.3 is 0 Å². The third-order valence-corrected chi connectivity index (χ3v) is 3.81. The van der Waals surface area contributed by atoms with E-state index in [-0.39, 0.29) is 11.4 Å². The van der Waals surface area contributed by atoms with E-state index in [2.05, 4.69) is 24.1 Å². The molecule has 4 nitrogen and oxygen atoms in total. The summed E-state index contributed by atoms with van der Waals surface area (Å²) >= 11 is 0. The van der Waals surface area contributed by atoms with Crippen LogP contribution in [-0.2, 0) is 6.54 Å². The second kappa shape index (κ2) is 7.41. The van der Waals surface area contributed by atoms with E-state index in [4.69, 9.17) is 5.73 Å². The van der Waals surface area contributed by atoms with E-state index in [0.29, 0.717) is 12.1 Å². The number of hydrogen-bond donors (Lipinski definition) is 2. The van der Waals surface area contributed by atoms with Crippen LogP contribution in [0.5, 0.6) is 0 Å². The van der Waals surface area contributed by atoms with Crippen molar-refractivity contribution in [2.24, 2.45) is 5.73 Å². The summed E-state index contributed by atoms with van der Waals surface area (Å²) < 4.78 is 0. The van der Waals surface area contributed by atoms with Gasteiger partial charge in [0.25, 0.3) is 5.91 Å². The number of hydrogen-bond acceptors (Lipinski definition) is 3. The van der Waals surface area contributed by atoms with Crippen molar-refractivity contribution in [3.05, 3.63) is 35.4 Å². The van der Waals surface area contributed by atoms with E-state index in [9.17, 15) is 4.79 Å². The predicted molar refractivity (Wildman–Crippen MR) is 83.7 cm³/mol. The molecule has 0 aliphatic rings. The Labute approximate surface area is 122 Å². The first-order valence-corrected chi connectivity index (χ1v) is 7.22. The van der Waals surface area contributed by atoms with E-state index >= 15 is 0 Å². The van der Waals surface area contributed by atoms with E-state index in [0.717, 1.165) is 24.9 Å². The van der Waals surface area contributed by atoms with E-state index in [1.54, 1.807) is 0 Å². The summed E-state index contributed by atoms with van der Waals surface area (Å²) in [4.78, 5) is 14.5. The molecule has 0 saturated carbocycles. The molecule has 1 aromatic carbocycles. The lowest BCUT2D eigenvalue weighted by Crippen LogP contribution is -2.52. The van der Waals surface area contributed by atoms with Gasteiger partial charge < -0.3 is 16.0 Å². The average Bonchev–Trinajstić information content (AvgIpc) is 2.44. The first-order chi connectivity index (χ1) is 9.46. The minimum Gasteiger partial charge on any atom is -0.345 e. The molecule has 0 unspecified atom stereocenters. The van der Waals surface area contributed by atoms with Gasteiger partial charge in [-0.15, -0.1) is 0 Å². The smallest absolute Gasteiger partial charge is 0.251 e. The fourth-order valence-corrected chi connectivity index (χ4v) is 2.26. The van der Waals surface area contributed by atoms with Crippen LogP contribution in [0.15, 0.2) is 24.3 Å². The second-order valence-electron chi connectivity index (χ2n) is 5.58. The van der Waals surface area contributed by atoms with Crippen LogP contribution in [0.3, 0.4) is 0 Å². The number of rotatable bonds is 7. The van der Waals surface area contributed by atoms with E-state index < -0.39 is 0 Å². The third kappa shape index (κ3) is 4.32. The maximum atomic E-state index is 12.4. The first-order valence-electron chi connectivity index (χ1n) is 7.22. The molecule has 0 aromatic heterocycles. The Morgan fingerprint density at radius 1 is 1.30 bits per heavy atom. The summed E-state index contributed by atoms with van der Waals surface area (Å²) in [6.45, 7) is 5.39. The van der Waals surface area contributed by atoms with Crippen LogP contribution < -0.4 is 11.1 Å². The summed E-state index contributed by atoms with van der Waals surface area (Å²) in [5.41, 5.74) is 7.36. The van der Waals surface area contributed by atoms with E-state index in [1.165, 1.54) is 0 Å². The molecule has 0 saturated heterocycles. The normalized spacial score (nSPS) is 11.7. The summed E-state index contributed by atoms with van der Waals surface area (Å²) in [6.07, 6.45) is 1.67. The number of benzene rings is 1. The zero-order chi connectivity index (χ0) is 15.2. The standard InChI is InChI=1S/C16H27N3O/c1-5-16(6-2,12-17)18-15(20)14-9-7-8-13(10-14)11-19(3)4/h7-10H,5-6,11-12,17H2,1-4H3,(H,18,20). The van der Waals surface area contributed by atoms with Gasteiger partial charge in [0.2, 0.25) is 0 Å². The maximum Gasteiger partial charge on any atom is 0.251 e. The van der Waals surface area contributed by atoms with Crippen molar-refractivity contribution in [3.63, 3.8) is 0 Å². The molecule has 4 heteroatoms. The average molecular weight is 277 g/mol. The molecule has 0 atom stereocenters. The lowest BCUT2D eigenvalue weighted by Gasteiger charge is -2.31. The quantitative estimate of drug-likeness (QED) is 0.801. The largest absolute Gasteiger partial charge is 0.345 e. The molecule has 0 fully saturated rings. The molecule has 0 heterocycles. The van der Waals surface area contributed by atoms with Crippen LogP contribution in [-0.4, -0.2) is 37.0 Å². The van der Waals surface area contributed by atoms with Gasteiger partial charge in [-0.2, -0.15) is 0 Å². The Balaban J connectivity index is 2.86. The molecular weight excluding hydrogens is 250 g/mol. The van der Waals surface area contributed by atoms with Gasteiger partial charge in [-0.1, -0.05) is 26.0 Å². The van der Waals surface area contributed by atoms with Gasteiger partial charge in [0.05, 0.1) is 5.54 Å². The van der Waals surface area contributed by atoms with Gasteiger partial charge in [0, 0.05) is 18.7 Å². The minimum absolute atomic E-state index is 0.0419. The van der Waals surface area contributed by atoms with Crippen molar-refractivity contribution < 1.29 is 4.79 Å². The number of carbonyl (C=O) groups excluding carboxylic acids is 1. The van der Waals surface area contributed by atoms with Crippen LogP contribution in [0.25, 0.3) is 0 Å². The van der Waals surface area contributed by atoms with Crippen molar-refractivity contribution >= 4 is 5.91 Å². The second-order valence-corrected chi connectivity index (χ2v) is 5.58. The highest BCUT2D eigenvalue weighted by Gasteiger charge is 2.26. The number of nitrogens with two attached hydrogens (primary N) is 1. The number of nitrogens with one attached hydrogen (secondary N) is 1. The Bertz CT molecular complexity index is 431. The molecule has 0 aliphatic carbocycles. The lowest BCUT2D eigenvalue weighted by molar-refractivity contribution is 0.0895. The fourth-order valence-electron chi connectivity index (χ4n) is 2.26. The number of nitrogens with zero attached hydrogens (tertiary/aromatic N) is 1. The van der Waals surface area contributed by atoms with Crippen LogP contribution in [0.4, 0.5) is 0 Å². The molecule has 20 heavy (non-hydrogen) atoms. The number of amides is 1. The summed E-state index contributed by atoms with van der Waals surface area (Å²) in [6, 6.07) is 7.76. The topological polar surface area (TPSA) is 58.4 Å². The van der Waals surface area contributed by atoms with Crippen LogP contribution in [0.1, 0.15) is 42.6 Å². The van der Waals surface area contributed by atoms with Gasteiger partial charge in [-0.3, -0.25) is 4.79 Å². The fraction of sp³-hybridized carbons (Fsp3) is 0.562. The molecule has 1 aromatic rings. The highest BCUT2D eigenvalue weighted by molar-refractivity contribution is 5.94. The summed E-state index contributed by atoms with van der Waals surface area (Å²) in [7, 11) is 4.03. The monoisotopic (exact) mass is 277 g/mol. The van der Waals surface area contributed by atoms with Crippen molar-refractivity contribution in [2.45, 2.75) is 38.8 Å². The Hall–Kier alpha value is -1.39. The molecule has 0 radical (unpaired) electrons. The predicted octanol–water partition coefficient (Wildman–Crippen LogP) is 2.00. The SMILES string of the molecule is CCC(CC)(CN)NC(=O)c1cccc(CN(C)C)c1. The van der Waals surface area contributed by atoms with Gasteiger partial charge in [0.15, 0.2) is 0 Å². The Morgan fingerprint density at radius 2 is 1.95 bits per heavy atom. The molecule has 3 N–H and O–H groups in total. The summed E-state index contributed by atoms with van der Waals surface area (Å²) in [5, 5.41) is 3.10. The molecule has 112 valence electrons. The Morgan fingerprint density at radius 3 is 2.45 bits per heavy atom.